The highest BCUT2D eigenvalue weighted by Crippen LogP contribution is 2.34. The van der Waals surface area contributed by atoms with Crippen LogP contribution in [0.25, 0.3) is 0 Å². The summed E-state index contributed by atoms with van der Waals surface area (Å²) in [5, 5.41) is 28.1. The molecular formula is C13H14Cl2O7. The Morgan fingerprint density at radius 2 is 1.86 bits per heavy atom. The molecule has 1 aromatic rings. The Hall–Kier alpha value is -1.38. The number of carbonyl (C=O) groups excluding carboxylic acids is 2. The third kappa shape index (κ3) is 4.31. The monoisotopic (exact) mass is 352 g/mol. The lowest BCUT2D eigenvalue weighted by molar-refractivity contribution is -0.128. The van der Waals surface area contributed by atoms with Crippen molar-refractivity contribution in [2.45, 2.75) is 18.3 Å². The number of aliphatic hydroxyl groups excluding tert-OH is 3. The van der Waals surface area contributed by atoms with Crippen LogP contribution in [0.3, 0.4) is 0 Å². The van der Waals surface area contributed by atoms with Crippen LogP contribution < -0.4 is 4.74 Å². The molecule has 0 saturated heterocycles. The van der Waals surface area contributed by atoms with Gasteiger partial charge in [0.2, 0.25) is 0 Å². The van der Waals surface area contributed by atoms with Crippen molar-refractivity contribution >= 4 is 35.5 Å². The first-order chi connectivity index (χ1) is 10.3. The van der Waals surface area contributed by atoms with Crippen molar-refractivity contribution in [1.82, 2.24) is 0 Å². The van der Waals surface area contributed by atoms with E-state index in [-0.39, 0.29) is 27.6 Å². The van der Waals surface area contributed by atoms with Gasteiger partial charge in [-0.25, -0.2) is 4.79 Å². The minimum atomic E-state index is -1.79. The summed E-state index contributed by atoms with van der Waals surface area (Å²) in [4.78, 5) is 22.3. The van der Waals surface area contributed by atoms with Crippen LogP contribution in [0.1, 0.15) is 10.4 Å². The van der Waals surface area contributed by atoms with E-state index in [2.05, 4.69) is 0 Å². The number of benzene rings is 1. The van der Waals surface area contributed by atoms with E-state index in [0.717, 1.165) is 0 Å². The predicted molar refractivity (Wildman–Crippen MR) is 77.4 cm³/mol. The predicted octanol–water partition coefficient (Wildman–Crippen LogP) is 0.440. The maximum absolute atomic E-state index is 12.0. The van der Waals surface area contributed by atoms with E-state index in [9.17, 15) is 19.8 Å². The van der Waals surface area contributed by atoms with Crippen LogP contribution >= 0.6 is 23.2 Å². The first kappa shape index (κ1) is 18.7. The van der Waals surface area contributed by atoms with Gasteiger partial charge in [0.1, 0.15) is 30.5 Å². The molecule has 3 N–H and O–H groups in total. The molecule has 0 amide bonds. The Labute approximate surface area is 136 Å². The highest BCUT2D eigenvalue weighted by Gasteiger charge is 2.27. The highest BCUT2D eigenvalue weighted by atomic mass is 35.5. The summed E-state index contributed by atoms with van der Waals surface area (Å²) in [7, 11) is 1.29. The molecule has 7 nitrogen and oxygen atoms in total. The third-order valence-corrected chi connectivity index (χ3v) is 3.35. The molecule has 0 unspecified atom stereocenters. The van der Waals surface area contributed by atoms with Gasteiger partial charge < -0.3 is 29.6 Å². The molecule has 0 spiro atoms. The molecule has 22 heavy (non-hydrogen) atoms. The zero-order valence-corrected chi connectivity index (χ0v) is 12.9. The number of aliphatic hydroxyl groups is 3. The van der Waals surface area contributed by atoms with Gasteiger partial charge in [-0.3, -0.25) is 0 Å². The Morgan fingerprint density at radius 3 is 2.41 bits per heavy atom. The van der Waals surface area contributed by atoms with E-state index in [4.69, 9.17) is 37.8 Å². The summed E-state index contributed by atoms with van der Waals surface area (Å²) in [5.74, 6) is -0.946. The molecule has 9 heteroatoms. The molecule has 0 radical (unpaired) electrons. The number of ether oxygens (including phenoxy) is 2. The number of esters is 1. The van der Waals surface area contributed by atoms with Crippen molar-refractivity contribution in [3.63, 3.8) is 0 Å². The highest BCUT2D eigenvalue weighted by molar-refractivity contribution is 6.37. The number of hydrogen-bond acceptors (Lipinski definition) is 7. The number of aldehydes is 1. The molecule has 0 fully saturated rings. The summed E-state index contributed by atoms with van der Waals surface area (Å²) < 4.78 is 9.76. The zero-order valence-electron chi connectivity index (χ0n) is 11.4. The molecule has 3 atom stereocenters. The van der Waals surface area contributed by atoms with E-state index >= 15 is 0 Å². The Morgan fingerprint density at radius 1 is 1.27 bits per heavy atom. The van der Waals surface area contributed by atoms with Crippen LogP contribution in [0.5, 0.6) is 5.75 Å². The summed E-state index contributed by atoms with van der Waals surface area (Å²) in [5.41, 5.74) is -0.144. The number of methoxy groups -OCH3 is 1. The van der Waals surface area contributed by atoms with Crippen molar-refractivity contribution in [2.24, 2.45) is 0 Å². The summed E-state index contributed by atoms with van der Waals surface area (Å²) in [6.07, 6.45) is -5.19. The lowest BCUT2D eigenvalue weighted by Crippen LogP contribution is -2.41. The standard InChI is InChI=1S/C13H14Cl2O7/c1-21-12-7(15)3-2-6(14)10(12)13(20)22-5-9(18)11(19)8(17)4-16/h2-4,8-9,11,17-19H,5H2,1H3/t8-,9+,11-/m0/s1. The molecule has 0 saturated carbocycles. The molecule has 0 aliphatic carbocycles. The number of halogens is 2. The van der Waals surface area contributed by atoms with Crippen molar-refractivity contribution in [3.05, 3.63) is 27.7 Å². The zero-order chi connectivity index (χ0) is 16.9. The Bertz CT molecular complexity index is 549. The first-order valence-electron chi connectivity index (χ1n) is 6.02. The van der Waals surface area contributed by atoms with Gasteiger partial charge in [0.05, 0.1) is 17.2 Å². The Kier molecular flexibility index (Phi) is 7.05. The topological polar surface area (TPSA) is 113 Å². The first-order valence-corrected chi connectivity index (χ1v) is 6.77. The molecule has 0 heterocycles. The van der Waals surface area contributed by atoms with Crippen molar-refractivity contribution in [3.8, 4) is 5.75 Å². The van der Waals surface area contributed by atoms with Gasteiger partial charge in [0.25, 0.3) is 0 Å². The van der Waals surface area contributed by atoms with Crippen LogP contribution in [0.4, 0.5) is 0 Å². The molecule has 1 rings (SSSR count). The maximum atomic E-state index is 12.0. The van der Waals surface area contributed by atoms with Gasteiger partial charge in [-0.05, 0) is 12.1 Å². The van der Waals surface area contributed by atoms with Crippen molar-refractivity contribution in [2.75, 3.05) is 13.7 Å². The fraction of sp³-hybridized carbons (Fsp3) is 0.385. The fourth-order valence-electron chi connectivity index (χ4n) is 1.56. The van der Waals surface area contributed by atoms with Gasteiger partial charge in [-0.2, -0.15) is 0 Å². The van der Waals surface area contributed by atoms with E-state index in [1.54, 1.807) is 0 Å². The maximum Gasteiger partial charge on any atom is 0.343 e. The lowest BCUT2D eigenvalue weighted by atomic mass is 10.1. The molecular weight excluding hydrogens is 339 g/mol. The SMILES string of the molecule is COc1c(Cl)ccc(Cl)c1C(=O)OC[C@@H](O)[C@@H](O)[C@@H](O)C=O. The molecule has 122 valence electrons. The average Bonchev–Trinajstić information content (AvgIpc) is 2.52. The summed E-state index contributed by atoms with van der Waals surface area (Å²) >= 11 is 11.8. The minimum absolute atomic E-state index is 0.00197. The number of rotatable bonds is 7. The number of hydrogen-bond donors (Lipinski definition) is 3. The van der Waals surface area contributed by atoms with Crippen LogP contribution in [0.15, 0.2) is 12.1 Å². The van der Waals surface area contributed by atoms with Crippen LogP contribution in [-0.4, -0.2) is 59.6 Å². The van der Waals surface area contributed by atoms with Gasteiger partial charge >= 0.3 is 5.97 Å². The van der Waals surface area contributed by atoms with Gasteiger partial charge in [0, 0.05) is 0 Å². The Balaban J connectivity index is 2.83. The van der Waals surface area contributed by atoms with Gasteiger partial charge in [-0.1, -0.05) is 23.2 Å². The second-order valence-electron chi connectivity index (χ2n) is 4.22. The number of carbonyl (C=O) groups is 2. The molecule has 0 aliphatic rings. The summed E-state index contributed by atoms with van der Waals surface area (Å²) in [6, 6.07) is 2.79. The largest absolute Gasteiger partial charge is 0.494 e. The van der Waals surface area contributed by atoms with E-state index in [1.807, 2.05) is 0 Å². The quantitative estimate of drug-likeness (QED) is 0.482. The molecule has 0 aliphatic heterocycles. The van der Waals surface area contributed by atoms with Crippen LogP contribution in [0, 0.1) is 0 Å². The van der Waals surface area contributed by atoms with Crippen LogP contribution in [0.2, 0.25) is 10.0 Å². The van der Waals surface area contributed by atoms with Crippen LogP contribution in [-0.2, 0) is 9.53 Å². The van der Waals surface area contributed by atoms with E-state index < -0.39 is 30.9 Å². The van der Waals surface area contributed by atoms with E-state index in [0.29, 0.717) is 0 Å². The van der Waals surface area contributed by atoms with E-state index in [1.165, 1.54) is 19.2 Å². The lowest BCUT2D eigenvalue weighted by Gasteiger charge is -2.19. The molecule has 0 bridgehead atoms. The normalized spacial score (nSPS) is 14.8. The summed E-state index contributed by atoms with van der Waals surface area (Å²) in [6.45, 7) is -0.670. The minimum Gasteiger partial charge on any atom is -0.494 e. The second-order valence-corrected chi connectivity index (χ2v) is 5.03. The van der Waals surface area contributed by atoms with Crippen molar-refractivity contribution < 1.29 is 34.4 Å². The molecule has 0 aromatic heterocycles. The van der Waals surface area contributed by atoms with Gasteiger partial charge in [0.15, 0.2) is 12.0 Å². The second kappa shape index (κ2) is 8.30. The fourth-order valence-corrected chi connectivity index (χ4v) is 2.02. The smallest absolute Gasteiger partial charge is 0.343 e. The third-order valence-electron chi connectivity index (χ3n) is 2.74. The van der Waals surface area contributed by atoms with Crippen molar-refractivity contribution in [1.29, 1.82) is 0 Å². The molecule has 1 aromatic carbocycles. The average molecular weight is 353 g/mol. The van der Waals surface area contributed by atoms with Gasteiger partial charge in [-0.15, -0.1) is 0 Å².